The van der Waals surface area contributed by atoms with Crippen LogP contribution in [0.2, 0.25) is 0 Å². The maximum absolute atomic E-state index is 12.8. The summed E-state index contributed by atoms with van der Waals surface area (Å²) in [7, 11) is -3.27. The summed E-state index contributed by atoms with van der Waals surface area (Å²) in [6, 6.07) is 6.27. The summed E-state index contributed by atoms with van der Waals surface area (Å²) in [6.07, 6.45) is 1.15. The van der Waals surface area contributed by atoms with Gasteiger partial charge in [0.15, 0.2) is 5.13 Å². The fourth-order valence-corrected chi connectivity index (χ4v) is 4.23. The van der Waals surface area contributed by atoms with Gasteiger partial charge in [0.1, 0.15) is 15.9 Å². The van der Waals surface area contributed by atoms with Gasteiger partial charge < -0.3 is 10.2 Å². The molecule has 7 nitrogen and oxygen atoms in total. The maximum atomic E-state index is 12.8. The molecule has 1 aliphatic rings. The van der Waals surface area contributed by atoms with Gasteiger partial charge in [0.25, 0.3) is 5.91 Å². The predicted molar refractivity (Wildman–Crippen MR) is 99.9 cm³/mol. The third kappa shape index (κ3) is 4.10. The number of hydrogen-bond donors (Lipinski definition) is 1. The van der Waals surface area contributed by atoms with Crippen molar-refractivity contribution in [1.29, 1.82) is 0 Å². The molecule has 1 aliphatic heterocycles. The number of nitrogens with zero attached hydrogens (tertiary/aromatic N) is 2. The van der Waals surface area contributed by atoms with Crippen LogP contribution in [0.25, 0.3) is 0 Å². The lowest BCUT2D eigenvalue weighted by Gasteiger charge is -2.26. The van der Waals surface area contributed by atoms with Crippen molar-refractivity contribution in [3.05, 3.63) is 46.5 Å². The fourth-order valence-electron chi connectivity index (χ4n) is 2.88. The molecule has 1 atom stereocenters. The zero-order valence-electron chi connectivity index (χ0n) is 14.4. The number of aryl methyl sites for hydroxylation is 1. The van der Waals surface area contributed by atoms with Crippen LogP contribution in [0, 0.1) is 6.92 Å². The van der Waals surface area contributed by atoms with Crippen LogP contribution >= 0.6 is 11.3 Å². The first-order valence-electron chi connectivity index (χ1n) is 8.04. The van der Waals surface area contributed by atoms with E-state index in [-0.39, 0.29) is 24.6 Å². The molecule has 0 aliphatic carbocycles. The van der Waals surface area contributed by atoms with Crippen LogP contribution in [-0.4, -0.2) is 48.2 Å². The summed E-state index contributed by atoms with van der Waals surface area (Å²) in [5, 5.41) is 4.94. The molecule has 1 aromatic heterocycles. The number of benzene rings is 1. The number of nitrogens with one attached hydrogen (secondary N) is 1. The van der Waals surface area contributed by atoms with Crippen molar-refractivity contribution in [2.24, 2.45) is 0 Å². The van der Waals surface area contributed by atoms with E-state index in [1.165, 1.54) is 16.2 Å². The molecule has 1 aromatic carbocycles. The molecule has 26 heavy (non-hydrogen) atoms. The highest BCUT2D eigenvalue weighted by atomic mass is 32.2. The van der Waals surface area contributed by atoms with E-state index in [0.29, 0.717) is 10.7 Å². The summed E-state index contributed by atoms with van der Waals surface area (Å²) < 4.78 is 23.2. The molecule has 0 fully saturated rings. The van der Waals surface area contributed by atoms with Crippen LogP contribution in [0.5, 0.6) is 0 Å². The van der Waals surface area contributed by atoms with E-state index < -0.39 is 21.8 Å². The summed E-state index contributed by atoms with van der Waals surface area (Å²) in [5.41, 5.74) is 2.16. The number of thiazole rings is 1. The van der Waals surface area contributed by atoms with Gasteiger partial charge in [-0.15, -0.1) is 11.3 Å². The van der Waals surface area contributed by atoms with Gasteiger partial charge in [-0.3, -0.25) is 9.59 Å². The van der Waals surface area contributed by atoms with Gasteiger partial charge in [-0.05, 0) is 25.0 Å². The molecule has 1 N–H and O–H groups in total. The van der Waals surface area contributed by atoms with E-state index in [2.05, 4.69) is 10.3 Å². The van der Waals surface area contributed by atoms with Gasteiger partial charge in [0.05, 0.1) is 11.4 Å². The van der Waals surface area contributed by atoms with E-state index in [9.17, 15) is 18.0 Å². The van der Waals surface area contributed by atoms with Crippen molar-refractivity contribution in [3.8, 4) is 0 Å². The Morgan fingerprint density at radius 2 is 2.12 bits per heavy atom. The van der Waals surface area contributed by atoms with Crippen molar-refractivity contribution in [1.82, 2.24) is 9.88 Å². The monoisotopic (exact) mass is 393 g/mol. The molecule has 138 valence electrons. The molecule has 0 saturated carbocycles. The molecular weight excluding hydrogens is 374 g/mol. The largest absolute Gasteiger partial charge is 0.322 e. The number of fused-ring (bicyclic) bond motifs is 1. The molecule has 2 heterocycles. The number of sulfone groups is 1. The first kappa shape index (κ1) is 18.5. The van der Waals surface area contributed by atoms with E-state index >= 15 is 0 Å². The standard InChI is InChI=1S/C17H19N3O4S2/c1-11-10-25-17(18-11)19-15(21)14(7-8-26(2,23)24)20-9-12-5-3-4-6-13(12)16(20)22/h3-6,10,14H,7-9H2,1-2H3,(H,18,19,21). The quantitative estimate of drug-likeness (QED) is 0.808. The molecule has 1 unspecified atom stereocenters. The molecule has 0 radical (unpaired) electrons. The Hall–Kier alpha value is -2.26. The molecule has 0 saturated heterocycles. The number of carbonyl (C=O) groups excluding carboxylic acids is 2. The van der Waals surface area contributed by atoms with Gasteiger partial charge in [0, 0.05) is 23.7 Å². The van der Waals surface area contributed by atoms with Crippen LogP contribution in [0.4, 0.5) is 5.13 Å². The van der Waals surface area contributed by atoms with E-state index in [1.54, 1.807) is 17.5 Å². The summed E-state index contributed by atoms with van der Waals surface area (Å²) >= 11 is 1.28. The Labute approximate surface area is 156 Å². The minimum Gasteiger partial charge on any atom is -0.322 e. The number of aromatic nitrogens is 1. The molecule has 9 heteroatoms. The molecular formula is C17H19N3O4S2. The fraction of sp³-hybridized carbons (Fsp3) is 0.353. The highest BCUT2D eigenvalue weighted by Gasteiger charge is 2.36. The van der Waals surface area contributed by atoms with Crippen LogP contribution in [0.15, 0.2) is 29.6 Å². The van der Waals surface area contributed by atoms with Crippen molar-refractivity contribution in [3.63, 3.8) is 0 Å². The van der Waals surface area contributed by atoms with Crippen LogP contribution in [0.1, 0.15) is 28.0 Å². The second-order valence-electron chi connectivity index (χ2n) is 6.31. The highest BCUT2D eigenvalue weighted by molar-refractivity contribution is 7.90. The minimum atomic E-state index is -3.27. The third-order valence-corrected chi connectivity index (χ3v) is 5.99. The van der Waals surface area contributed by atoms with Gasteiger partial charge in [-0.2, -0.15) is 0 Å². The lowest BCUT2D eigenvalue weighted by Crippen LogP contribution is -2.45. The first-order valence-corrected chi connectivity index (χ1v) is 11.0. The Morgan fingerprint density at radius 1 is 1.38 bits per heavy atom. The number of rotatable bonds is 6. The summed E-state index contributed by atoms with van der Waals surface area (Å²) in [6.45, 7) is 2.10. The second-order valence-corrected chi connectivity index (χ2v) is 9.43. The Balaban J connectivity index is 1.84. The molecule has 0 bridgehead atoms. The topological polar surface area (TPSA) is 96.4 Å². The zero-order chi connectivity index (χ0) is 18.9. The van der Waals surface area contributed by atoms with E-state index in [1.807, 2.05) is 19.1 Å². The molecule has 2 aromatic rings. The summed E-state index contributed by atoms with van der Waals surface area (Å²) in [5.74, 6) is -0.865. The lowest BCUT2D eigenvalue weighted by atomic mass is 10.1. The van der Waals surface area contributed by atoms with Crippen molar-refractivity contribution < 1.29 is 18.0 Å². The maximum Gasteiger partial charge on any atom is 0.255 e. The van der Waals surface area contributed by atoms with Crippen molar-refractivity contribution >= 4 is 38.1 Å². The molecule has 0 spiro atoms. The third-order valence-electron chi connectivity index (χ3n) is 4.14. The first-order chi connectivity index (χ1) is 12.2. The van der Waals surface area contributed by atoms with Gasteiger partial charge in [-0.1, -0.05) is 18.2 Å². The lowest BCUT2D eigenvalue weighted by molar-refractivity contribution is -0.120. The predicted octanol–water partition coefficient (Wildman–Crippen LogP) is 1.85. The Kier molecular flexibility index (Phi) is 5.10. The number of hydrogen-bond acceptors (Lipinski definition) is 6. The van der Waals surface area contributed by atoms with Gasteiger partial charge in [-0.25, -0.2) is 13.4 Å². The van der Waals surface area contributed by atoms with Crippen LogP contribution in [0.3, 0.4) is 0 Å². The van der Waals surface area contributed by atoms with Gasteiger partial charge >= 0.3 is 0 Å². The van der Waals surface area contributed by atoms with E-state index in [4.69, 9.17) is 0 Å². The average Bonchev–Trinajstić information content (AvgIpc) is 3.11. The smallest absolute Gasteiger partial charge is 0.255 e. The van der Waals surface area contributed by atoms with Crippen LogP contribution < -0.4 is 5.32 Å². The SMILES string of the molecule is Cc1csc(NC(=O)C(CCS(C)(=O)=O)N2Cc3ccccc3C2=O)n1. The van der Waals surface area contributed by atoms with E-state index in [0.717, 1.165) is 17.5 Å². The number of carbonyl (C=O) groups is 2. The molecule has 2 amide bonds. The van der Waals surface area contributed by atoms with Crippen molar-refractivity contribution in [2.45, 2.75) is 25.9 Å². The summed E-state index contributed by atoms with van der Waals surface area (Å²) in [4.78, 5) is 31.1. The zero-order valence-corrected chi connectivity index (χ0v) is 16.1. The number of anilines is 1. The Bertz CT molecular complexity index is 952. The van der Waals surface area contributed by atoms with Gasteiger partial charge in [0.2, 0.25) is 5.91 Å². The minimum absolute atomic E-state index is 0.0365. The van der Waals surface area contributed by atoms with Crippen LogP contribution in [-0.2, 0) is 21.2 Å². The van der Waals surface area contributed by atoms with Crippen molar-refractivity contribution in [2.75, 3.05) is 17.3 Å². The normalized spacial score (nSPS) is 15.0. The molecule has 3 rings (SSSR count). The second kappa shape index (κ2) is 7.16. The average molecular weight is 393 g/mol. The highest BCUT2D eigenvalue weighted by Crippen LogP contribution is 2.26. The Morgan fingerprint density at radius 3 is 2.73 bits per heavy atom. The number of amides is 2.